The number of ether oxygens (including phenoxy) is 1. The molecule has 0 atom stereocenters. The third-order valence-corrected chi connectivity index (χ3v) is 5.57. The van der Waals surface area contributed by atoms with Crippen LogP contribution in [0.25, 0.3) is 0 Å². The molecule has 0 fully saturated rings. The minimum atomic E-state index is -0.367. The number of aromatic nitrogens is 1. The van der Waals surface area contributed by atoms with Crippen molar-refractivity contribution in [3.63, 3.8) is 0 Å². The van der Waals surface area contributed by atoms with E-state index in [1.54, 1.807) is 35.4 Å². The number of carbonyl (C=O) groups excluding carboxylic acids is 2. The third-order valence-electron chi connectivity index (χ3n) is 5.57. The number of esters is 1. The highest BCUT2D eigenvalue weighted by Gasteiger charge is 2.28. The molecule has 2 aromatic carbocycles. The van der Waals surface area contributed by atoms with E-state index in [0.29, 0.717) is 41.9 Å². The summed E-state index contributed by atoms with van der Waals surface area (Å²) in [5, 5.41) is 9.39. The smallest absolute Gasteiger partial charge is 0.337 e. The van der Waals surface area contributed by atoms with Crippen LogP contribution in [0.2, 0.25) is 0 Å². The van der Waals surface area contributed by atoms with Crippen LogP contribution in [0.1, 0.15) is 48.5 Å². The van der Waals surface area contributed by atoms with Crippen molar-refractivity contribution in [1.29, 1.82) is 5.26 Å². The predicted octanol–water partition coefficient (Wildman–Crippen LogP) is 3.84. The number of methoxy groups -OCH3 is 1. The molecule has 0 bridgehead atoms. The number of carbonyl (C=O) groups is 2. The molecule has 0 unspecified atom stereocenters. The van der Waals surface area contributed by atoms with Gasteiger partial charge in [-0.1, -0.05) is 18.2 Å². The number of nitrogens with zero attached hydrogens (tertiary/aromatic N) is 3. The Kier molecular flexibility index (Phi) is 5.50. The van der Waals surface area contributed by atoms with E-state index in [9.17, 15) is 14.9 Å². The molecule has 0 aliphatic carbocycles. The number of benzene rings is 2. The van der Waals surface area contributed by atoms with Gasteiger partial charge >= 0.3 is 5.97 Å². The van der Waals surface area contributed by atoms with Crippen LogP contribution in [0.4, 0.5) is 5.82 Å². The Labute approximate surface area is 180 Å². The van der Waals surface area contributed by atoms with Crippen molar-refractivity contribution in [3.05, 3.63) is 93.7 Å². The fraction of sp³-hybridized carbons (Fsp3) is 0.200. The number of anilines is 1. The normalized spacial score (nSPS) is 12.8. The average molecular weight is 411 g/mol. The molecular weight excluding hydrogens is 390 g/mol. The van der Waals surface area contributed by atoms with Crippen molar-refractivity contribution in [1.82, 2.24) is 4.98 Å². The van der Waals surface area contributed by atoms with Gasteiger partial charge in [0.05, 0.1) is 18.2 Å². The number of hydrogen-bond acceptors (Lipinski definition) is 5. The zero-order chi connectivity index (χ0) is 22.0. The minimum absolute atomic E-state index is 0.140. The molecule has 1 aromatic heterocycles. The zero-order valence-corrected chi connectivity index (χ0v) is 17.4. The van der Waals surface area contributed by atoms with Crippen LogP contribution in [0, 0.1) is 18.3 Å². The van der Waals surface area contributed by atoms with Crippen molar-refractivity contribution in [3.8, 4) is 6.07 Å². The van der Waals surface area contributed by atoms with Crippen LogP contribution in [0.3, 0.4) is 0 Å². The fourth-order valence-corrected chi connectivity index (χ4v) is 3.89. The zero-order valence-electron chi connectivity index (χ0n) is 17.4. The Balaban J connectivity index is 1.64. The monoisotopic (exact) mass is 411 g/mol. The van der Waals surface area contributed by atoms with Crippen LogP contribution in [-0.4, -0.2) is 30.5 Å². The SMILES string of the molecule is COC(=O)c1ccc(Cc2cc3c(cc2C)CCN(c2ncccc2C#N)C3=O)cc1. The first-order chi connectivity index (χ1) is 15.0. The van der Waals surface area contributed by atoms with Gasteiger partial charge in [0.1, 0.15) is 6.07 Å². The molecule has 0 N–H and O–H groups in total. The third kappa shape index (κ3) is 3.90. The highest BCUT2D eigenvalue weighted by Crippen LogP contribution is 2.28. The maximum absolute atomic E-state index is 13.3. The number of nitriles is 1. The van der Waals surface area contributed by atoms with E-state index < -0.39 is 0 Å². The van der Waals surface area contributed by atoms with Gasteiger partial charge in [0.2, 0.25) is 0 Å². The van der Waals surface area contributed by atoms with E-state index in [1.807, 2.05) is 25.1 Å². The van der Waals surface area contributed by atoms with Crippen LogP contribution >= 0.6 is 0 Å². The molecule has 2 heterocycles. The molecule has 31 heavy (non-hydrogen) atoms. The quantitative estimate of drug-likeness (QED) is 0.609. The Bertz CT molecular complexity index is 1210. The Morgan fingerprint density at radius 2 is 2.00 bits per heavy atom. The summed E-state index contributed by atoms with van der Waals surface area (Å²) < 4.78 is 4.74. The second kappa shape index (κ2) is 8.41. The molecule has 3 aromatic rings. The van der Waals surface area contributed by atoms with Gasteiger partial charge < -0.3 is 4.74 Å². The number of amides is 1. The lowest BCUT2D eigenvalue weighted by molar-refractivity contribution is 0.0600. The lowest BCUT2D eigenvalue weighted by Gasteiger charge is -2.29. The van der Waals surface area contributed by atoms with Gasteiger partial charge in [0, 0.05) is 18.3 Å². The van der Waals surface area contributed by atoms with Gasteiger partial charge in [-0.3, -0.25) is 9.69 Å². The summed E-state index contributed by atoms with van der Waals surface area (Å²) in [6, 6.07) is 16.8. The van der Waals surface area contributed by atoms with E-state index in [1.165, 1.54) is 7.11 Å². The number of fused-ring (bicyclic) bond motifs is 1. The summed E-state index contributed by atoms with van der Waals surface area (Å²) in [6.45, 7) is 2.53. The van der Waals surface area contributed by atoms with Crippen LogP contribution < -0.4 is 4.90 Å². The number of pyridine rings is 1. The molecule has 6 nitrogen and oxygen atoms in total. The largest absolute Gasteiger partial charge is 0.465 e. The Morgan fingerprint density at radius 1 is 1.23 bits per heavy atom. The topological polar surface area (TPSA) is 83.3 Å². The standard InChI is InChI=1S/C25H21N3O3/c1-16-12-19-9-11-28(23-20(15-26)4-3-10-27-23)24(29)22(19)14-21(16)13-17-5-7-18(8-6-17)25(30)31-2/h3-8,10,12,14H,9,11,13H2,1-2H3. The molecule has 1 aliphatic heterocycles. The molecule has 0 saturated carbocycles. The van der Waals surface area contributed by atoms with Crippen molar-refractivity contribution >= 4 is 17.7 Å². The Hall–Kier alpha value is -3.98. The van der Waals surface area contributed by atoms with Crippen molar-refractivity contribution < 1.29 is 14.3 Å². The first-order valence-electron chi connectivity index (χ1n) is 9.98. The molecule has 1 amide bonds. The maximum Gasteiger partial charge on any atom is 0.337 e. The van der Waals surface area contributed by atoms with E-state index in [2.05, 4.69) is 17.1 Å². The summed E-state index contributed by atoms with van der Waals surface area (Å²) in [5.74, 6) is -0.103. The van der Waals surface area contributed by atoms with Gasteiger partial charge in [-0.25, -0.2) is 9.78 Å². The number of rotatable bonds is 4. The summed E-state index contributed by atoms with van der Waals surface area (Å²) in [5.41, 5.74) is 5.74. The Morgan fingerprint density at radius 3 is 2.71 bits per heavy atom. The highest BCUT2D eigenvalue weighted by atomic mass is 16.5. The minimum Gasteiger partial charge on any atom is -0.465 e. The second-order valence-electron chi connectivity index (χ2n) is 7.49. The lowest BCUT2D eigenvalue weighted by Crippen LogP contribution is -2.38. The van der Waals surface area contributed by atoms with Crippen LogP contribution in [0.5, 0.6) is 0 Å². The van der Waals surface area contributed by atoms with Crippen molar-refractivity contribution in [2.45, 2.75) is 19.8 Å². The molecule has 6 heteroatoms. The maximum atomic E-state index is 13.3. The molecule has 4 rings (SSSR count). The number of hydrogen-bond donors (Lipinski definition) is 0. The summed E-state index contributed by atoms with van der Waals surface area (Å²) in [7, 11) is 1.36. The summed E-state index contributed by atoms with van der Waals surface area (Å²) in [4.78, 5) is 30.8. The predicted molar refractivity (Wildman–Crippen MR) is 116 cm³/mol. The van der Waals surface area contributed by atoms with E-state index in [0.717, 1.165) is 22.3 Å². The van der Waals surface area contributed by atoms with Crippen LogP contribution in [-0.2, 0) is 17.6 Å². The van der Waals surface area contributed by atoms with Crippen molar-refractivity contribution in [2.24, 2.45) is 0 Å². The van der Waals surface area contributed by atoms with Gasteiger partial charge in [-0.05, 0) is 72.4 Å². The van der Waals surface area contributed by atoms with Gasteiger partial charge in [0.15, 0.2) is 5.82 Å². The molecule has 1 aliphatic rings. The first-order valence-corrected chi connectivity index (χ1v) is 9.98. The number of aryl methyl sites for hydroxylation is 1. The molecular formula is C25H21N3O3. The van der Waals surface area contributed by atoms with Crippen LogP contribution in [0.15, 0.2) is 54.7 Å². The fourth-order valence-electron chi connectivity index (χ4n) is 3.89. The van der Waals surface area contributed by atoms with E-state index in [4.69, 9.17) is 4.74 Å². The van der Waals surface area contributed by atoms with E-state index >= 15 is 0 Å². The highest BCUT2D eigenvalue weighted by molar-refractivity contribution is 6.08. The molecule has 0 radical (unpaired) electrons. The van der Waals surface area contributed by atoms with Gasteiger partial charge in [-0.2, -0.15) is 5.26 Å². The lowest BCUT2D eigenvalue weighted by atomic mass is 9.90. The summed E-state index contributed by atoms with van der Waals surface area (Å²) in [6.07, 6.45) is 2.94. The first kappa shape index (κ1) is 20.3. The second-order valence-corrected chi connectivity index (χ2v) is 7.49. The summed E-state index contributed by atoms with van der Waals surface area (Å²) >= 11 is 0. The van der Waals surface area contributed by atoms with E-state index in [-0.39, 0.29) is 11.9 Å². The molecule has 0 saturated heterocycles. The van der Waals surface area contributed by atoms with Gasteiger partial charge in [-0.15, -0.1) is 0 Å². The van der Waals surface area contributed by atoms with Gasteiger partial charge in [0.25, 0.3) is 5.91 Å². The molecule has 154 valence electrons. The van der Waals surface area contributed by atoms with Crippen molar-refractivity contribution in [2.75, 3.05) is 18.6 Å². The average Bonchev–Trinajstić information content (AvgIpc) is 2.80. The molecule has 0 spiro atoms.